The highest BCUT2D eigenvalue weighted by atomic mass is 79.9. The van der Waals surface area contributed by atoms with Gasteiger partial charge in [0.2, 0.25) is 5.91 Å². The molecule has 1 aliphatic carbocycles. The molecule has 0 spiro atoms. The zero-order chi connectivity index (χ0) is 15.6. The van der Waals surface area contributed by atoms with Gasteiger partial charge in [0.1, 0.15) is 0 Å². The molecule has 4 nitrogen and oxygen atoms in total. The van der Waals surface area contributed by atoms with E-state index >= 15 is 0 Å². The first kappa shape index (κ1) is 16.3. The molecule has 1 aliphatic rings. The fourth-order valence-corrected chi connectivity index (χ4v) is 3.43. The van der Waals surface area contributed by atoms with Crippen molar-refractivity contribution in [2.24, 2.45) is 11.8 Å². The maximum Gasteiger partial charge on any atom is 0.307 e. The van der Waals surface area contributed by atoms with Crippen molar-refractivity contribution >= 4 is 45.1 Å². The minimum absolute atomic E-state index is 0.247. The first-order chi connectivity index (χ1) is 9.90. The molecule has 1 amide bonds. The van der Waals surface area contributed by atoms with Gasteiger partial charge in [0.15, 0.2) is 0 Å². The van der Waals surface area contributed by atoms with Crippen LogP contribution in [-0.2, 0) is 9.59 Å². The molecule has 114 valence electrons. The van der Waals surface area contributed by atoms with Crippen molar-refractivity contribution < 1.29 is 14.7 Å². The Morgan fingerprint density at radius 1 is 1.29 bits per heavy atom. The van der Waals surface area contributed by atoms with E-state index in [1.807, 2.05) is 13.0 Å². The SMILES string of the molecule is Cc1cc(Br)c(NC(=O)C2CCCCC2C(=O)O)cc1Cl. The van der Waals surface area contributed by atoms with E-state index in [1.54, 1.807) is 6.07 Å². The van der Waals surface area contributed by atoms with Crippen LogP contribution >= 0.6 is 27.5 Å². The second kappa shape index (κ2) is 6.79. The summed E-state index contributed by atoms with van der Waals surface area (Å²) < 4.78 is 0.737. The van der Waals surface area contributed by atoms with Crippen molar-refractivity contribution in [1.29, 1.82) is 0 Å². The smallest absolute Gasteiger partial charge is 0.307 e. The van der Waals surface area contributed by atoms with E-state index in [4.69, 9.17) is 11.6 Å². The molecule has 0 aliphatic heterocycles. The molecule has 1 aromatic rings. The van der Waals surface area contributed by atoms with Crippen LogP contribution in [0.25, 0.3) is 0 Å². The van der Waals surface area contributed by atoms with Crippen molar-refractivity contribution in [1.82, 2.24) is 0 Å². The number of aliphatic carboxylic acids is 1. The minimum atomic E-state index is -0.893. The number of carbonyl (C=O) groups is 2. The summed E-state index contributed by atoms with van der Waals surface area (Å²) >= 11 is 9.46. The second-order valence-electron chi connectivity index (χ2n) is 5.41. The van der Waals surface area contributed by atoms with Crippen LogP contribution in [0, 0.1) is 18.8 Å². The van der Waals surface area contributed by atoms with Crippen LogP contribution in [0.3, 0.4) is 0 Å². The number of carboxylic acid groups (broad SMARTS) is 1. The van der Waals surface area contributed by atoms with E-state index in [-0.39, 0.29) is 5.91 Å². The van der Waals surface area contributed by atoms with E-state index in [9.17, 15) is 14.7 Å². The number of aryl methyl sites for hydroxylation is 1. The first-order valence-electron chi connectivity index (χ1n) is 6.89. The predicted molar refractivity (Wildman–Crippen MR) is 85.6 cm³/mol. The number of carbonyl (C=O) groups excluding carboxylic acids is 1. The Bertz CT molecular complexity index is 576. The lowest BCUT2D eigenvalue weighted by Crippen LogP contribution is -2.36. The Balaban J connectivity index is 2.17. The van der Waals surface area contributed by atoms with Gasteiger partial charge in [-0.15, -0.1) is 0 Å². The summed E-state index contributed by atoms with van der Waals surface area (Å²) in [7, 11) is 0. The van der Waals surface area contributed by atoms with E-state index < -0.39 is 17.8 Å². The Labute approximate surface area is 137 Å². The highest BCUT2D eigenvalue weighted by molar-refractivity contribution is 9.10. The predicted octanol–water partition coefficient (Wildman–Crippen LogP) is 4.24. The topological polar surface area (TPSA) is 66.4 Å². The number of amides is 1. The molecule has 2 unspecified atom stereocenters. The van der Waals surface area contributed by atoms with Gasteiger partial charge in [-0.05, 0) is 53.4 Å². The normalized spacial score (nSPS) is 21.9. The summed E-state index contributed by atoms with van der Waals surface area (Å²) in [5.41, 5.74) is 1.48. The number of hydrogen-bond acceptors (Lipinski definition) is 2. The van der Waals surface area contributed by atoms with Gasteiger partial charge in [0, 0.05) is 9.50 Å². The highest BCUT2D eigenvalue weighted by Crippen LogP contribution is 2.33. The van der Waals surface area contributed by atoms with Gasteiger partial charge < -0.3 is 10.4 Å². The van der Waals surface area contributed by atoms with Gasteiger partial charge >= 0.3 is 5.97 Å². The second-order valence-corrected chi connectivity index (χ2v) is 6.67. The Kier molecular flexibility index (Phi) is 5.27. The molecular weight excluding hydrogens is 358 g/mol. The van der Waals surface area contributed by atoms with Gasteiger partial charge in [0.25, 0.3) is 0 Å². The van der Waals surface area contributed by atoms with Gasteiger partial charge in [-0.3, -0.25) is 9.59 Å². The van der Waals surface area contributed by atoms with Crippen molar-refractivity contribution in [3.8, 4) is 0 Å². The van der Waals surface area contributed by atoms with Crippen molar-refractivity contribution in [3.63, 3.8) is 0 Å². The average molecular weight is 375 g/mol. The molecule has 1 fully saturated rings. The molecule has 2 N–H and O–H groups in total. The van der Waals surface area contributed by atoms with Crippen LogP contribution in [0.2, 0.25) is 5.02 Å². The van der Waals surface area contributed by atoms with Gasteiger partial charge in [-0.25, -0.2) is 0 Å². The van der Waals surface area contributed by atoms with Gasteiger partial charge in [0.05, 0.1) is 17.5 Å². The van der Waals surface area contributed by atoms with Gasteiger partial charge in [-0.2, -0.15) is 0 Å². The quantitative estimate of drug-likeness (QED) is 0.831. The standard InChI is InChI=1S/C15H17BrClNO3/c1-8-6-11(16)13(7-12(8)17)18-14(19)9-4-2-3-5-10(9)15(20)21/h6-7,9-10H,2-5H2,1H3,(H,18,19)(H,20,21). The number of rotatable bonds is 3. The fraction of sp³-hybridized carbons (Fsp3) is 0.467. The van der Waals surface area contributed by atoms with Gasteiger partial charge in [-0.1, -0.05) is 24.4 Å². The monoisotopic (exact) mass is 373 g/mol. The van der Waals surface area contributed by atoms with E-state index in [1.165, 1.54) is 0 Å². The van der Waals surface area contributed by atoms with E-state index in [0.717, 1.165) is 22.9 Å². The molecule has 0 bridgehead atoms. The highest BCUT2D eigenvalue weighted by Gasteiger charge is 2.35. The lowest BCUT2D eigenvalue weighted by molar-refractivity contribution is -0.147. The molecule has 1 saturated carbocycles. The van der Waals surface area contributed by atoms with Crippen LogP contribution in [0.1, 0.15) is 31.2 Å². The number of anilines is 1. The van der Waals surface area contributed by atoms with Crippen LogP contribution in [0.5, 0.6) is 0 Å². The van der Waals surface area contributed by atoms with Crippen molar-refractivity contribution in [3.05, 3.63) is 27.2 Å². The molecule has 21 heavy (non-hydrogen) atoms. The molecule has 2 rings (SSSR count). The molecule has 0 heterocycles. The fourth-order valence-electron chi connectivity index (χ4n) is 2.71. The Hall–Kier alpha value is -1.07. The molecular formula is C15H17BrClNO3. The summed E-state index contributed by atoms with van der Waals surface area (Å²) in [6.45, 7) is 1.88. The first-order valence-corrected chi connectivity index (χ1v) is 8.06. The third-order valence-corrected chi connectivity index (χ3v) is 4.99. The summed E-state index contributed by atoms with van der Waals surface area (Å²) in [6.07, 6.45) is 2.92. The molecule has 6 heteroatoms. The maximum atomic E-state index is 12.4. The van der Waals surface area contributed by atoms with Crippen LogP contribution < -0.4 is 5.32 Å². The molecule has 0 aromatic heterocycles. The lowest BCUT2D eigenvalue weighted by atomic mass is 9.78. The van der Waals surface area contributed by atoms with Crippen LogP contribution in [0.4, 0.5) is 5.69 Å². The summed E-state index contributed by atoms with van der Waals surface area (Å²) in [6, 6.07) is 3.50. The maximum absolute atomic E-state index is 12.4. The minimum Gasteiger partial charge on any atom is -0.481 e. The Morgan fingerprint density at radius 2 is 1.90 bits per heavy atom. The summed E-state index contributed by atoms with van der Waals surface area (Å²) in [5.74, 6) is -2.22. The number of halogens is 2. The largest absolute Gasteiger partial charge is 0.481 e. The number of nitrogens with one attached hydrogen (secondary N) is 1. The summed E-state index contributed by atoms with van der Waals surface area (Å²) in [4.78, 5) is 23.7. The van der Waals surface area contributed by atoms with E-state index in [2.05, 4.69) is 21.2 Å². The molecule has 0 saturated heterocycles. The number of hydrogen-bond donors (Lipinski definition) is 2. The lowest BCUT2D eigenvalue weighted by Gasteiger charge is -2.27. The zero-order valence-corrected chi connectivity index (χ0v) is 14.0. The zero-order valence-electron chi connectivity index (χ0n) is 11.7. The van der Waals surface area contributed by atoms with Crippen molar-refractivity contribution in [2.45, 2.75) is 32.6 Å². The van der Waals surface area contributed by atoms with E-state index in [0.29, 0.717) is 23.6 Å². The summed E-state index contributed by atoms with van der Waals surface area (Å²) in [5, 5.41) is 12.6. The molecule has 1 aromatic carbocycles. The molecule has 0 radical (unpaired) electrons. The average Bonchev–Trinajstić information content (AvgIpc) is 2.44. The molecule has 2 atom stereocenters. The third kappa shape index (κ3) is 3.77. The number of benzene rings is 1. The van der Waals surface area contributed by atoms with Crippen LogP contribution in [0.15, 0.2) is 16.6 Å². The Morgan fingerprint density at radius 3 is 2.52 bits per heavy atom. The third-order valence-electron chi connectivity index (χ3n) is 3.93. The van der Waals surface area contributed by atoms with Crippen molar-refractivity contribution in [2.75, 3.05) is 5.32 Å². The number of carboxylic acids is 1. The van der Waals surface area contributed by atoms with Crippen LogP contribution in [-0.4, -0.2) is 17.0 Å².